The molecule has 0 aliphatic carbocycles. The predicted octanol–water partition coefficient (Wildman–Crippen LogP) is 2.92. The molecular weight excluding hydrogens is 210 g/mol. The van der Waals surface area contributed by atoms with Crippen LogP contribution in [0.1, 0.15) is 32.3 Å². The van der Waals surface area contributed by atoms with Crippen molar-refractivity contribution in [1.29, 1.82) is 0 Å². The Bertz CT molecular complexity index is 298. The average Bonchev–Trinajstić information content (AvgIpc) is 2.37. The van der Waals surface area contributed by atoms with Gasteiger partial charge in [-0.1, -0.05) is 44.2 Å². The van der Waals surface area contributed by atoms with Crippen LogP contribution in [0.2, 0.25) is 0 Å². The molecule has 0 aromatic heterocycles. The SMILES string of the molecule is CCC(CC)(CO)CN(C)Cc1ccccc1. The highest BCUT2D eigenvalue weighted by molar-refractivity contribution is 5.14. The van der Waals surface area contributed by atoms with Crippen LogP contribution in [-0.2, 0) is 6.54 Å². The molecule has 1 rings (SSSR count). The van der Waals surface area contributed by atoms with E-state index in [2.05, 4.69) is 50.1 Å². The Morgan fingerprint density at radius 2 is 1.71 bits per heavy atom. The van der Waals surface area contributed by atoms with E-state index in [1.807, 2.05) is 6.07 Å². The van der Waals surface area contributed by atoms with Crippen molar-refractivity contribution < 1.29 is 5.11 Å². The number of hydrogen-bond donors (Lipinski definition) is 1. The molecule has 0 bridgehead atoms. The van der Waals surface area contributed by atoms with Crippen molar-refractivity contribution >= 4 is 0 Å². The molecule has 0 atom stereocenters. The smallest absolute Gasteiger partial charge is 0.0499 e. The molecule has 0 aliphatic heterocycles. The van der Waals surface area contributed by atoms with E-state index in [0.717, 1.165) is 25.9 Å². The Hall–Kier alpha value is -0.860. The van der Waals surface area contributed by atoms with Gasteiger partial charge in [0.1, 0.15) is 0 Å². The van der Waals surface area contributed by atoms with Crippen LogP contribution >= 0.6 is 0 Å². The van der Waals surface area contributed by atoms with E-state index in [0.29, 0.717) is 0 Å². The summed E-state index contributed by atoms with van der Waals surface area (Å²) in [6.45, 7) is 6.50. The topological polar surface area (TPSA) is 23.5 Å². The van der Waals surface area contributed by atoms with Crippen LogP contribution in [0.5, 0.6) is 0 Å². The summed E-state index contributed by atoms with van der Waals surface area (Å²) in [6.07, 6.45) is 2.05. The zero-order valence-electron chi connectivity index (χ0n) is 11.3. The van der Waals surface area contributed by atoms with E-state index in [9.17, 15) is 5.11 Å². The fourth-order valence-electron chi connectivity index (χ4n) is 2.27. The zero-order valence-corrected chi connectivity index (χ0v) is 11.3. The van der Waals surface area contributed by atoms with Gasteiger partial charge in [0.2, 0.25) is 0 Å². The van der Waals surface area contributed by atoms with Crippen molar-refractivity contribution in [1.82, 2.24) is 4.90 Å². The summed E-state index contributed by atoms with van der Waals surface area (Å²) in [5, 5.41) is 9.56. The molecule has 0 heterocycles. The van der Waals surface area contributed by atoms with Gasteiger partial charge in [0.05, 0.1) is 0 Å². The average molecular weight is 235 g/mol. The molecular formula is C15H25NO. The minimum atomic E-state index is 0.0591. The first kappa shape index (κ1) is 14.2. The Balaban J connectivity index is 2.56. The van der Waals surface area contributed by atoms with Gasteiger partial charge >= 0.3 is 0 Å². The maximum absolute atomic E-state index is 9.56. The third-order valence-electron chi connectivity index (χ3n) is 3.74. The monoisotopic (exact) mass is 235 g/mol. The van der Waals surface area contributed by atoms with Crippen molar-refractivity contribution in [3.05, 3.63) is 35.9 Å². The van der Waals surface area contributed by atoms with Crippen molar-refractivity contribution in [2.45, 2.75) is 33.2 Å². The summed E-state index contributed by atoms with van der Waals surface area (Å²) in [5.74, 6) is 0. The third-order valence-corrected chi connectivity index (χ3v) is 3.74. The maximum atomic E-state index is 9.56. The second kappa shape index (κ2) is 6.77. The van der Waals surface area contributed by atoms with Gasteiger partial charge in [-0.3, -0.25) is 0 Å². The van der Waals surface area contributed by atoms with E-state index >= 15 is 0 Å². The van der Waals surface area contributed by atoms with Crippen molar-refractivity contribution in [2.75, 3.05) is 20.2 Å². The van der Waals surface area contributed by atoms with Crippen LogP contribution in [0.3, 0.4) is 0 Å². The molecule has 1 N–H and O–H groups in total. The molecule has 96 valence electrons. The Morgan fingerprint density at radius 3 is 2.18 bits per heavy atom. The number of hydrogen-bond acceptors (Lipinski definition) is 2. The minimum Gasteiger partial charge on any atom is -0.396 e. The lowest BCUT2D eigenvalue weighted by atomic mass is 9.83. The lowest BCUT2D eigenvalue weighted by Gasteiger charge is -2.34. The van der Waals surface area contributed by atoms with Gasteiger partial charge in [-0.2, -0.15) is 0 Å². The molecule has 0 unspecified atom stereocenters. The van der Waals surface area contributed by atoms with Crippen molar-refractivity contribution in [3.63, 3.8) is 0 Å². The zero-order chi connectivity index (χ0) is 12.7. The number of benzene rings is 1. The lowest BCUT2D eigenvalue weighted by Crippen LogP contribution is -2.37. The standard InChI is InChI=1S/C15H25NO/c1-4-15(5-2,13-17)12-16(3)11-14-9-7-6-8-10-14/h6-10,17H,4-5,11-13H2,1-3H3. The molecule has 0 aliphatic rings. The highest BCUT2D eigenvalue weighted by Crippen LogP contribution is 2.26. The van der Waals surface area contributed by atoms with Gasteiger partial charge in [-0.15, -0.1) is 0 Å². The first-order chi connectivity index (χ1) is 8.15. The summed E-state index contributed by atoms with van der Waals surface area (Å²) >= 11 is 0. The lowest BCUT2D eigenvalue weighted by molar-refractivity contribution is 0.0731. The molecule has 17 heavy (non-hydrogen) atoms. The van der Waals surface area contributed by atoms with Gasteiger partial charge in [0.25, 0.3) is 0 Å². The molecule has 0 fully saturated rings. The third kappa shape index (κ3) is 4.14. The molecule has 2 nitrogen and oxygen atoms in total. The highest BCUT2D eigenvalue weighted by Gasteiger charge is 2.26. The van der Waals surface area contributed by atoms with Gasteiger partial charge in [-0.05, 0) is 25.5 Å². The Labute approximate surface area is 105 Å². The summed E-state index contributed by atoms with van der Waals surface area (Å²) < 4.78 is 0. The van der Waals surface area contributed by atoms with Crippen molar-refractivity contribution in [3.8, 4) is 0 Å². The van der Waals surface area contributed by atoms with E-state index in [-0.39, 0.29) is 12.0 Å². The van der Waals surface area contributed by atoms with E-state index in [1.165, 1.54) is 5.56 Å². The molecule has 1 aromatic carbocycles. The van der Waals surface area contributed by atoms with Crippen LogP contribution in [0, 0.1) is 5.41 Å². The largest absolute Gasteiger partial charge is 0.396 e. The molecule has 0 radical (unpaired) electrons. The van der Waals surface area contributed by atoms with Crippen molar-refractivity contribution in [2.24, 2.45) is 5.41 Å². The Morgan fingerprint density at radius 1 is 1.12 bits per heavy atom. The molecule has 0 amide bonds. The van der Waals surface area contributed by atoms with Crippen LogP contribution in [0.25, 0.3) is 0 Å². The van der Waals surface area contributed by atoms with Gasteiger partial charge in [0, 0.05) is 25.1 Å². The van der Waals surface area contributed by atoms with E-state index in [4.69, 9.17) is 0 Å². The van der Waals surface area contributed by atoms with E-state index < -0.39 is 0 Å². The minimum absolute atomic E-state index is 0.0591. The summed E-state index contributed by atoms with van der Waals surface area (Å²) in [7, 11) is 2.13. The first-order valence-electron chi connectivity index (χ1n) is 6.49. The second-order valence-corrected chi connectivity index (χ2v) is 5.02. The number of aliphatic hydroxyl groups excluding tert-OH is 1. The van der Waals surface area contributed by atoms with E-state index in [1.54, 1.807) is 0 Å². The van der Waals surface area contributed by atoms with Crippen LogP contribution in [-0.4, -0.2) is 30.2 Å². The molecule has 0 saturated heterocycles. The maximum Gasteiger partial charge on any atom is 0.0499 e. The fourth-order valence-corrected chi connectivity index (χ4v) is 2.27. The van der Waals surface area contributed by atoms with Crippen LogP contribution in [0.4, 0.5) is 0 Å². The van der Waals surface area contributed by atoms with Crippen LogP contribution in [0.15, 0.2) is 30.3 Å². The fraction of sp³-hybridized carbons (Fsp3) is 0.600. The normalized spacial score (nSPS) is 12.1. The number of nitrogens with zero attached hydrogens (tertiary/aromatic N) is 1. The molecule has 1 aromatic rings. The quantitative estimate of drug-likeness (QED) is 0.785. The Kier molecular flexibility index (Phi) is 5.66. The van der Waals surface area contributed by atoms with Gasteiger partial charge < -0.3 is 10.0 Å². The summed E-state index contributed by atoms with van der Waals surface area (Å²) in [4.78, 5) is 2.30. The predicted molar refractivity (Wildman–Crippen MR) is 72.9 cm³/mol. The summed E-state index contributed by atoms with van der Waals surface area (Å²) in [5.41, 5.74) is 1.39. The molecule has 0 saturated carbocycles. The molecule has 2 heteroatoms. The second-order valence-electron chi connectivity index (χ2n) is 5.02. The van der Waals surface area contributed by atoms with Gasteiger partial charge in [0.15, 0.2) is 0 Å². The number of rotatable bonds is 7. The van der Waals surface area contributed by atoms with Crippen LogP contribution < -0.4 is 0 Å². The highest BCUT2D eigenvalue weighted by atomic mass is 16.3. The first-order valence-corrected chi connectivity index (χ1v) is 6.49. The molecule has 0 spiro atoms. The number of aliphatic hydroxyl groups is 1. The van der Waals surface area contributed by atoms with Gasteiger partial charge in [-0.25, -0.2) is 0 Å². The summed E-state index contributed by atoms with van der Waals surface area (Å²) in [6, 6.07) is 10.5.